The monoisotopic (exact) mass is 255 g/mol. The zero-order chi connectivity index (χ0) is 13.7. The van der Waals surface area contributed by atoms with Crippen LogP contribution >= 0.6 is 0 Å². The summed E-state index contributed by atoms with van der Waals surface area (Å²) in [5.41, 5.74) is 3.14. The summed E-state index contributed by atoms with van der Waals surface area (Å²) in [5.74, 6) is 0. The van der Waals surface area contributed by atoms with E-state index in [2.05, 4.69) is 48.6 Å². The lowest BCUT2D eigenvalue weighted by Crippen LogP contribution is -2.42. The van der Waals surface area contributed by atoms with Crippen LogP contribution in [0.15, 0.2) is 54.6 Å². The molecular weight excluding hydrogens is 234 g/mol. The Morgan fingerprint density at radius 1 is 1.00 bits per heavy atom. The van der Waals surface area contributed by atoms with Gasteiger partial charge in [-0.3, -0.25) is 0 Å². The fraction of sp³-hybridized carbons (Fsp3) is 0.294. The second-order valence-electron chi connectivity index (χ2n) is 5.20. The first-order valence-electron chi connectivity index (χ1n) is 6.61. The topological polar surface area (TPSA) is 32.3 Å². The van der Waals surface area contributed by atoms with E-state index in [1.165, 1.54) is 11.1 Å². The number of rotatable bonds is 5. The molecule has 19 heavy (non-hydrogen) atoms. The van der Waals surface area contributed by atoms with Crippen LogP contribution in [0.1, 0.15) is 23.6 Å². The molecule has 1 unspecified atom stereocenters. The third-order valence-electron chi connectivity index (χ3n) is 3.53. The van der Waals surface area contributed by atoms with Gasteiger partial charge in [-0.05, 0) is 25.0 Å². The number of aliphatic hydroxyl groups is 1. The van der Waals surface area contributed by atoms with Gasteiger partial charge in [0.2, 0.25) is 0 Å². The molecule has 1 atom stereocenters. The van der Waals surface area contributed by atoms with Crippen LogP contribution in [0.2, 0.25) is 0 Å². The van der Waals surface area contributed by atoms with E-state index in [4.69, 9.17) is 0 Å². The van der Waals surface area contributed by atoms with Gasteiger partial charge in [-0.25, -0.2) is 0 Å². The van der Waals surface area contributed by atoms with Crippen LogP contribution in [0.5, 0.6) is 0 Å². The molecule has 0 aliphatic heterocycles. The molecule has 100 valence electrons. The molecule has 0 radical (unpaired) electrons. The molecule has 2 rings (SSSR count). The van der Waals surface area contributed by atoms with Crippen molar-refractivity contribution in [3.05, 3.63) is 71.3 Å². The van der Waals surface area contributed by atoms with Crippen molar-refractivity contribution < 1.29 is 5.11 Å². The zero-order valence-corrected chi connectivity index (χ0v) is 11.6. The van der Waals surface area contributed by atoms with Crippen molar-refractivity contribution >= 4 is 0 Å². The highest BCUT2D eigenvalue weighted by atomic mass is 16.3. The molecular formula is C17H21NO. The summed E-state index contributed by atoms with van der Waals surface area (Å²) < 4.78 is 0. The highest BCUT2D eigenvalue weighted by Crippen LogP contribution is 2.21. The first-order chi connectivity index (χ1) is 9.14. The fourth-order valence-corrected chi connectivity index (χ4v) is 2.06. The number of hydrogen-bond acceptors (Lipinski definition) is 2. The highest BCUT2D eigenvalue weighted by Gasteiger charge is 2.24. The summed E-state index contributed by atoms with van der Waals surface area (Å²) >= 11 is 0. The van der Waals surface area contributed by atoms with E-state index >= 15 is 0 Å². The largest absolute Gasteiger partial charge is 0.394 e. The van der Waals surface area contributed by atoms with Crippen LogP contribution in [0.3, 0.4) is 0 Å². The van der Waals surface area contributed by atoms with E-state index in [0.717, 1.165) is 12.1 Å². The van der Waals surface area contributed by atoms with Gasteiger partial charge in [0, 0.05) is 6.54 Å². The van der Waals surface area contributed by atoms with Crippen LogP contribution in [-0.4, -0.2) is 11.7 Å². The SMILES string of the molecule is Cc1ccc(C(C)(CO)NCc2ccccc2)cc1. The molecule has 0 saturated heterocycles. The lowest BCUT2D eigenvalue weighted by molar-refractivity contribution is 0.173. The third kappa shape index (κ3) is 3.43. The lowest BCUT2D eigenvalue weighted by atomic mass is 9.92. The molecule has 0 heterocycles. The minimum absolute atomic E-state index is 0.0723. The number of benzene rings is 2. The Labute approximate surface area is 115 Å². The Balaban J connectivity index is 2.12. The number of nitrogens with one attached hydrogen (secondary N) is 1. The molecule has 0 fully saturated rings. The van der Waals surface area contributed by atoms with Gasteiger partial charge in [-0.1, -0.05) is 60.2 Å². The molecule has 2 N–H and O–H groups in total. The number of aliphatic hydroxyl groups excluding tert-OH is 1. The van der Waals surface area contributed by atoms with Gasteiger partial charge in [0.1, 0.15) is 0 Å². The summed E-state index contributed by atoms with van der Waals surface area (Å²) in [6, 6.07) is 18.5. The maximum Gasteiger partial charge on any atom is 0.0652 e. The molecule has 0 spiro atoms. The minimum Gasteiger partial charge on any atom is -0.394 e. The molecule has 2 aromatic carbocycles. The predicted molar refractivity (Wildman–Crippen MR) is 78.9 cm³/mol. The van der Waals surface area contributed by atoms with Crippen molar-refractivity contribution in [1.29, 1.82) is 0 Å². The van der Waals surface area contributed by atoms with Crippen molar-refractivity contribution in [3.63, 3.8) is 0 Å². The van der Waals surface area contributed by atoms with Gasteiger partial charge in [0.15, 0.2) is 0 Å². The summed E-state index contributed by atoms with van der Waals surface area (Å²) in [6.07, 6.45) is 0. The van der Waals surface area contributed by atoms with E-state index in [-0.39, 0.29) is 6.61 Å². The molecule has 2 heteroatoms. The van der Waals surface area contributed by atoms with Crippen molar-refractivity contribution in [2.75, 3.05) is 6.61 Å². The van der Waals surface area contributed by atoms with Crippen LogP contribution in [0.25, 0.3) is 0 Å². The first kappa shape index (κ1) is 13.8. The zero-order valence-electron chi connectivity index (χ0n) is 11.6. The van der Waals surface area contributed by atoms with Crippen molar-refractivity contribution in [1.82, 2.24) is 5.32 Å². The number of hydrogen-bond donors (Lipinski definition) is 2. The molecule has 0 aliphatic rings. The van der Waals surface area contributed by atoms with E-state index in [9.17, 15) is 5.11 Å². The summed E-state index contributed by atoms with van der Waals surface area (Å²) in [7, 11) is 0. The van der Waals surface area contributed by atoms with Crippen LogP contribution in [0, 0.1) is 6.92 Å². The normalized spacial score (nSPS) is 14.1. The van der Waals surface area contributed by atoms with E-state index < -0.39 is 5.54 Å². The van der Waals surface area contributed by atoms with Gasteiger partial charge in [0.25, 0.3) is 0 Å². The summed E-state index contributed by atoms with van der Waals surface area (Å²) in [4.78, 5) is 0. The molecule has 0 bridgehead atoms. The third-order valence-corrected chi connectivity index (χ3v) is 3.53. The smallest absolute Gasteiger partial charge is 0.0652 e. The maximum atomic E-state index is 9.72. The average molecular weight is 255 g/mol. The van der Waals surface area contributed by atoms with E-state index in [1.807, 2.05) is 25.1 Å². The second kappa shape index (κ2) is 6.00. The summed E-state index contributed by atoms with van der Waals surface area (Å²) in [5, 5.41) is 13.2. The molecule has 0 saturated carbocycles. The Hall–Kier alpha value is -1.64. The summed E-state index contributed by atoms with van der Waals surface area (Å²) in [6.45, 7) is 4.91. The number of aryl methyl sites for hydroxylation is 1. The standard InChI is InChI=1S/C17H21NO/c1-14-8-10-16(11-9-14)17(2,13-19)18-12-15-6-4-3-5-7-15/h3-11,18-19H,12-13H2,1-2H3. The molecule has 0 aromatic heterocycles. The Morgan fingerprint density at radius 3 is 2.21 bits per heavy atom. The van der Waals surface area contributed by atoms with Crippen molar-refractivity contribution in [2.24, 2.45) is 0 Å². The Bertz CT molecular complexity index is 507. The van der Waals surface area contributed by atoms with Gasteiger partial charge in [-0.2, -0.15) is 0 Å². The Morgan fingerprint density at radius 2 is 1.63 bits per heavy atom. The maximum absolute atomic E-state index is 9.72. The van der Waals surface area contributed by atoms with Crippen molar-refractivity contribution in [3.8, 4) is 0 Å². The van der Waals surface area contributed by atoms with Gasteiger partial charge in [-0.15, -0.1) is 0 Å². The average Bonchev–Trinajstić information content (AvgIpc) is 2.46. The lowest BCUT2D eigenvalue weighted by Gasteiger charge is -2.29. The van der Waals surface area contributed by atoms with Crippen LogP contribution in [0.4, 0.5) is 0 Å². The van der Waals surface area contributed by atoms with Gasteiger partial charge >= 0.3 is 0 Å². The van der Waals surface area contributed by atoms with Crippen LogP contribution < -0.4 is 5.32 Å². The second-order valence-corrected chi connectivity index (χ2v) is 5.20. The van der Waals surface area contributed by atoms with Crippen molar-refractivity contribution in [2.45, 2.75) is 25.9 Å². The van der Waals surface area contributed by atoms with E-state index in [0.29, 0.717) is 0 Å². The first-order valence-corrected chi connectivity index (χ1v) is 6.61. The van der Waals surface area contributed by atoms with Crippen LogP contribution in [-0.2, 0) is 12.1 Å². The highest BCUT2D eigenvalue weighted by molar-refractivity contribution is 5.28. The minimum atomic E-state index is -0.413. The molecule has 2 nitrogen and oxygen atoms in total. The van der Waals surface area contributed by atoms with Gasteiger partial charge < -0.3 is 10.4 Å². The predicted octanol–water partition coefficient (Wildman–Crippen LogP) is 2.99. The molecule has 0 aliphatic carbocycles. The van der Waals surface area contributed by atoms with E-state index in [1.54, 1.807) is 0 Å². The molecule has 2 aromatic rings. The molecule has 0 amide bonds. The quantitative estimate of drug-likeness (QED) is 0.861. The Kier molecular flexibility index (Phi) is 4.35. The van der Waals surface area contributed by atoms with Gasteiger partial charge in [0.05, 0.1) is 12.1 Å². The fourth-order valence-electron chi connectivity index (χ4n) is 2.06.